The second-order valence-electron chi connectivity index (χ2n) is 6.61. The molecule has 2 heterocycles. The molecular formula is C21H20N2O3. The van der Waals surface area contributed by atoms with Crippen molar-refractivity contribution in [3.05, 3.63) is 59.2 Å². The molecule has 1 saturated heterocycles. The molecule has 5 nitrogen and oxygen atoms in total. The molecule has 0 spiro atoms. The maximum absolute atomic E-state index is 13.0. The second kappa shape index (κ2) is 7.09. The number of rotatable bonds is 2. The number of carbonyl (C=O) groups is 1. The van der Waals surface area contributed by atoms with Crippen molar-refractivity contribution in [2.75, 3.05) is 19.8 Å². The molecule has 0 unspecified atom stereocenters. The van der Waals surface area contributed by atoms with Crippen LogP contribution in [0.3, 0.4) is 0 Å². The highest BCUT2D eigenvalue weighted by atomic mass is 16.5. The number of nitriles is 1. The predicted molar refractivity (Wildman–Crippen MR) is 96.2 cm³/mol. The van der Waals surface area contributed by atoms with Crippen LogP contribution in [-0.4, -0.2) is 30.6 Å². The summed E-state index contributed by atoms with van der Waals surface area (Å²) in [6, 6.07) is 15.0. The lowest BCUT2D eigenvalue weighted by molar-refractivity contribution is 0.0735. The first kappa shape index (κ1) is 16.5. The van der Waals surface area contributed by atoms with E-state index in [1.54, 1.807) is 24.3 Å². The van der Waals surface area contributed by atoms with Gasteiger partial charge in [-0.05, 0) is 48.7 Å². The number of ether oxygens (including phenoxy) is 2. The van der Waals surface area contributed by atoms with Crippen molar-refractivity contribution in [1.82, 2.24) is 4.90 Å². The number of benzene rings is 2. The highest BCUT2D eigenvalue weighted by molar-refractivity contribution is 5.95. The SMILES string of the molecule is N#Cc1cccc(C(=O)N2CCC[C@@H]2c2ccc3c(c2)OCCCO3)c1. The van der Waals surface area contributed by atoms with Crippen molar-refractivity contribution >= 4 is 5.91 Å². The fourth-order valence-electron chi connectivity index (χ4n) is 3.63. The van der Waals surface area contributed by atoms with E-state index in [0.717, 1.165) is 36.3 Å². The summed E-state index contributed by atoms with van der Waals surface area (Å²) in [5.74, 6) is 1.49. The van der Waals surface area contributed by atoms with Gasteiger partial charge in [0.1, 0.15) is 0 Å². The van der Waals surface area contributed by atoms with Gasteiger partial charge in [0.25, 0.3) is 5.91 Å². The normalized spacial score (nSPS) is 18.9. The Morgan fingerprint density at radius 1 is 1.08 bits per heavy atom. The maximum Gasteiger partial charge on any atom is 0.254 e. The van der Waals surface area contributed by atoms with E-state index in [0.29, 0.717) is 30.9 Å². The molecule has 0 bridgehead atoms. The average molecular weight is 348 g/mol. The molecule has 2 aliphatic rings. The first-order valence-electron chi connectivity index (χ1n) is 8.97. The van der Waals surface area contributed by atoms with E-state index in [1.165, 1.54) is 0 Å². The zero-order valence-corrected chi connectivity index (χ0v) is 14.5. The van der Waals surface area contributed by atoms with E-state index in [1.807, 2.05) is 23.1 Å². The zero-order chi connectivity index (χ0) is 17.9. The molecule has 2 aromatic rings. The number of amides is 1. The third-order valence-corrected chi connectivity index (χ3v) is 4.91. The van der Waals surface area contributed by atoms with Crippen molar-refractivity contribution in [1.29, 1.82) is 5.26 Å². The lowest BCUT2D eigenvalue weighted by Gasteiger charge is -2.26. The van der Waals surface area contributed by atoms with Crippen LogP contribution < -0.4 is 9.47 Å². The van der Waals surface area contributed by atoms with E-state index in [-0.39, 0.29) is 11.9 Å². The molecule has 0 saturated carbocycles. The summed E-state index contributed by atoms with van der Waals surface area (Å²) >= 11 is 0. The molecule has 5 heteroatoms. The highest BCUT2D eigenvalue weighted by Gasteiger charge is 2.31. The molecule has 26 heavy (non-hydrogen) atoms. The third-order valence-electron chi connectivity index (χ3n) is 4.91. The number of hydrogen-bond acceptors (Lipinski definition) is 4. The van der Waals surface area contributed by atoms with Crippen molar-refractivity contribution in [2.45, 2.75) is 25.3 Å². The quantitative estimate of drug-likeness (QED) is 0.830. The molecule has 132 valence electrons. The van der Waals surface area contributed by atoms with Crippen LogP contribution in [0.15, 0.2) is 42.5 Å². The van der Waals surface area contributed by atoms with Gasteiger partial charge in [-0.25, -0.2) is 0 Å². The fourth-order valence-corrected chi connectivity index (χ4v) is 3.63. The Hall–Kier alpha value is -3.00. The summed E-state index contributed by atoms with van der Waals surface area (Å²) in [4.78, 5) is 14.9. The van der Waals surface area contributed by atoms with Crippen molar-refractivity contribution in [3.63, 3.8) is 0 Å². The standard InChI is InChI=1S/C21H20N2O3/c22-14-15-4-1-5-17(12-15)21(24)23-9-2-6-18(23)16-7-8-19-20(13-16)26-11-3-10-25-19/h1,4-5,7-8,12-13,18H,2-3,6,9-11H2/t18-/m1/s1. The summed E-state index contributed by atoms with van der Waals surface area (Å²) < 4.78 is 11.5. The number of nitrogens with zero attached hydrogens (tertiary/aromatic N) is 2. The summed E-state index contributed by atoms with van der Waals surface area (Å²) in [7, 11) is 0. The largest absolute Gasteiger partial charge is 0.490 e. The Kier molecular flexibility index (Phi) is 4.49. The molecule has 0 radical (unpaired) electrons. The maximum atomic E-state index is 13.0. The van der Waals surface area contributed by atoms with Gasteiger partial charge in [-0.2, -0.15) is 5.26 Å². The summed E-state index contributed by atoms with van der Waals surface area (Å²) in [5.41, 5.74) is 2.13. The Morgan fingerprint density at radius 2 is 1.92 bits per heavy atom. The van der Waals surface area contributed by atoms with E-state index in [4.69, 9.17) is 14.7 Å². The Balaban J connectivity index is 1.61. The van der Waals surface area contributed by atoms with Crippen molar-refractivity contribution < 1.29 is 14.3 Å². The van der Waals surface area contributed by atoms with E-state index < -0.39 is 0 Å². The van der Waals surface area contributed by atoms with Crippen LogP contribution in [0, 0.1) is 11.3 Å². The minimum Gasteiger partial charge on any atom is -0.490 e. The minimum atomic E-state index is -0.0308. The van der Waals surface area contributed by atoms with Crippen LogP contribution in [0.4, 0.5) is 0 Å². The molecule has 1 atom stereocenters. The van der Waals surface area contributed by atoms with Gasteiger partial charge in [-0.15, -0.1) is 0 Å². The topological polar surface area (TPSA) is 62.6 Å². The molecular weight excluding hydrogens is 328 g/mol. The molecule has 1 amide bonds. The van der Waals surface area contributed by atoms with E-state index in [9.17, 15) is 4.79 Å². The number of likely N-dealkylation sites (tertiary alicyclic amines) is 1. The minimum absolute atomic E-state index is 0.0189. The van der Waals surface area contributed by atoms with E-state index in [2.05, 4.69) is 6.07 Å². The third kappa shape index (κ3) is 3.11. The fraction of sp³-hybridized carbons (Fsp3) is 0.333. The number of hydrogen-bond donors (Lipinski definition) is 0. The smallest absolute Gasteiger partial charge is 0.254 e. The Morgan fingerprint density at radius 3 is 2.77 bits per heavy atom. The molecule has 2 aromatic carbocycles. The lowest BCUT2D eigenvalue weighted by Crippen LogP contribution is -2.30. The molecule has 0 aromatic heterocycles. The van der Waals surface area contributed by atoms with E-state index >= 15 is 0 Å². The number of fused-ring (bicyclic) bond motifs is 1. The molecule has 1 fully saturated rings. The summed E-state index contributed by atoms with van der Waals surface area (Å²) in [6.45, 7) is 2.02. The van der Waals surface area contributed by atoms with Crippen LogP contribution >= 0.6 is 0 Å². The van der Waals surface area contributed by atoms with Gasteiger partial charge in [0.2, 0.25) is 0 Å². The van der Waals surface area contributed by atoms with Crippen LogP contribution in [0.25, 0.3) is 0 Å². The van der Waals surface area contributed by atoms with Gasteiger partial charge >= 0.3 is 0 Å². The second-order valence-corrected chi connectivity index (χ2v) is 6.61. The van der Waals surface area contributed by atoms with Crippen molar-refractivity contribution in [3.8, 4) is 17.6 Å². The van der Waals surface area contributed by atoms with Gasteiger partial charge in [-0.1, -0.05) is 12.1 Å². The first-order chi connectivity index (χ1) is 12.8. The predicted octanol–water partition coefficient (Wildman–Crippen LogP) is 3.70. The van der Waals surface area contributed by atoms with Gasteiger partial charge in [0, 0.05) is 18.5 Å². The highest BCUT2D eigenvalue weighted by Crippen LogP contribution is 2.38. The zero-order valence-electron chi connectivity index (χ0n) is 14.5. The van der Waals surface area contributed by atoms with Crippen LogP contribution in [0.2, 0.25) is 0 Å². The van der Waals surface area contributed by atoms with Gasteiger partial charge in [0.05, 0.1) is 30.9 Å². The lowest BCUT2D eigenvalue weighted by atomic mass is 10.0. The van der Waals surface area contributed by atoms with Crippen molar-refractivity contribution in [2.24, 2.45) is 0 Å². The number of carbonyl (C=O) groups excluding carboxylic acids is 1. The Labute approximate surface area is 152 Å². The average Bonchev–Trinajstić information content (AvgIpc) is 3.06. The molecule has 2 aliphatic heterocycles. The van der Waals surface area contributed by atoms with Crippen LogP contribution in [-0.2, 0) is 0 Å². The monoisotopic (exact) mass is 348 g/mol. The van der Waals surface area contributed by atoms with Crippen LogP contribution in [0.5, 0.6) is 11.5 Å². The first-order valence-corrected chi connectivity index (χ1v) is 8.97. The Bertz CT molecular complexity index is 872. The molecule has 0 aliphatic carbocycles. The molecule has 4 rings (SSSR count). The summed E-state index contributed by atoms with van der Waals surface area (Å²) in [5, 5.41) is 9.07. The molecule has 0 N–H and O–H groups in total. The van der Waals surface area contributed by atoms with Gasteiger partial charge in [0.15, 0.2) is 11.5 Å². The van der Waals surface area contributed by atoms with Gasteiger partial charge < -0.3 is 14.4 Å². The summed E-state index contributed by atoms with van der Waals surface area (Å²) in [6.07, 6.45) is 2.75. The van der Waals surface area contributed by atoms with Crippen LogP contribution in [0.1, 0.15) is 46.8 Å². The van der Waals surface area contributed by atoms with Gasteiger partial charge in [-0.3, -0.25) is 4.79 Å².